The van der Waals surface area contributed by atoms with E-state index in [0.29, 0.717) is 64.9 Å². The maximum atomic E-state index is 13.3. The monoisotopic (exact) mass is 572 g/mol. The molecule has 0 bridgehead atoms. The Bertz CT molecular complexity index is 1570. The van der Waals surface area contributed by atoms with E-state index in [9.17, 15) is 9.59 Å². The van der Waals surface area contributed by atoms with E-state index in [1.165, 1.54) is 0 Å². The van der Waals surface area contributed by atoms with Crippen LogP contribution in [-0.2, 0) is 18.4 Å². The molecule has 1 atom stereocenters. The Balaban J connectivity index is 1.74. The molecule has 0 aliphatic rings. The summed E-state index contributed by atoms with van der Waals surface area (Å²) in [5, 5.41) is 6.93. The van der Waals surface area contributed by atoms with Gasteiger partial charge >= 0.3 is 0 Å². The standard InChI is InChI=1S/C32H40N6O4/c1-7-8-14-32(3,15-13-21(2)39)37-30-28-25(17-23(20-33-28)29(40)26-10-9-16-38(26)4)35-31(36-30)34-19-22-11-12-24(41-5)18-27(22)42-6/h9-12,16-18,20H,7-8,13-15,19H2,1-6H3,(H2,34,35,36,37)/t32-/m1/s1. The lowest BCUT2D eigenvalue weighted by atomic mass is 9.89. The van der Waals surface area contributed by atoms with Crippen molar-refractivity contribution in [2.75, 3.05) is 24.9 Å². The molecule has 42 heavy (non-hydrogen) atoms. The smallest absolute Gasteiger partial charge is 0.225 e. The van der Waals surface area contributed by atoms with Gasteiger partial charge in [-0.1, -0.05) is 19.8 Å². The first-order chi connectivity index (χ1) is 20.2. The first kappa shape index (κ1) is 30.5. The number of aromatic nitrogens is 4. The quantitative estimate of drug-likeness (QED) is 0.166. The van der Waals surface area contributed by atoms with Crippen molar-refractivity contribution in [3.05, 3.63) is 65.6 Å². The van der Waals surface area contributed by atoms with Gasteiger partial charge in [0.2, 0.25) is 11.7 Å². The van der Waals surface area contributed by atoms with Crippen LogP contribution in [0.1, 0.15) is 74.5 Å². The molecule has 3 aromatic heterocycles. The molecule has 0 unspecified atom stereocenters. The normalized spacial score (nSPS) is 12.5. The van der Waals surface area contributed by atoms with E-state index in [2.05, 4.69) is 29.5 Å². The molecule has 0 aliphatic heterocycles. The predicted octanol–water partition coefficient (Wildman–Crippen LogP) is 5.95. The number of fused-ring (bicyclic) bond motifs is 1. The highest BCUT2D eigenvalue weighted by Gasteiger charge is 2.26. The van der Waals surface area contributed by atoms with E-state index < -0.39 is 5.54 Å². The summed E-state index contributed by atoms with van der Waals surface area (Å²) in [6.07, 6.45) is 7.40. The van der Waals surface area contributed by atoms with Crippen molar-refractivity contribution in [2.45, 2.75) is 65.0 Å². The van der Waals surface area contributed by atoms with Gasteiger partial charge in [-0.2, -0.15) is 4.98 Å². The topological polar surface area (TPSA) is 120 Å². The molecule has 0 amide bonds. The van der Waals surface area contributed by atoms with Crippen molar-refractivity contribution in [2.24, 2.45) is 7.05 Å². The van der Waals surface area contributed by atoms with Gasteiger partial charge in [-0.15, -0.1) is 0 Å². The van der Waals surface area contributed by atoms with Crippen molar-refractivity contribution in [3.8, 4) is 11.5 Å². The van der Waals surface area contributed by atoms with Crippen LogP contribution in [0.15, 0.2) is 48.8 Å². The summed E-state index contributed by atoms with van der Waals surface area (Å²) in [5.41, 5.74) is 2.58. The second-order valence-electron chi connectivity index (χ2n) is 10.8. The van der Waals surface area contributed by atoms with E-state index >= 15 is 0 Å². The van der Waals surface area contributed by atoms with E-state index in [4.69, 9.17) is 19.4 Å². The van der Waals surface area contributed by atoms with Gasteiger partial charge in [-0.3, -0.25) is 4.79 Å². The van der Waals surface area contributed by atoms with Crippen molar-refractivity contribution >= 4 is 34.4 Å². The third-order valence-electron chi connectivity index (χ3n) is 7.44. The van der Waals surface area contributed by atoms with Crippen molar-refractivity contribution in [1.29, 1.82) is 0 Å². The molecule has 10 nitrogen and oxygen atoms in total. The zero-order chi connectivity index (χ0) is 30.3. The Hall–Kier alpha value is -4.47. The number of aryl methyl sites for hydroxylation is 1. The molecule has 3 heterocycles. The lowest BCUT2D eigenvalue weighted by Crippen LogP contribution is -2.36. The number of nitrogens with one attached hydrogen (secondary N) is 2. The average molecular weight is 573 g/mol. The fourth-order valence-electron chi connectivity index (χ4n) is 4.88. The molecule has 2 N–H and O–H groups in total. The first-order valence-corrected chi connectivity index (χ1v) is 14.2. The van der Waals surface area contributed by atoms with Gasteiger partial charge in [-0.25, -0.2) is 9.97 Å². The highest BCUT2D eigenvalue weighted by atomic mass is 16.5. The van der Waals surface area contributed by atoms with Gasteiger partial charge in [0.1, 0.15) is 22.8 Å². The van der Waals surface area contributed by atoms with E-state index in [-0.39, 0.29) is 11.6 Å². The Labute approximate surface area is 246 Å². The number of ketones is 2. The number of rotatable bonds is 15. The largest absolute Gasteiger partial charge is 0.497 e. The van der Waals surface area contributed by atoms with E-state index in [0.717, 1.165) is 24.8 Å². The summed E-state index contributed by atoms with van der Waals surface area (Å²) < 4.78 is 12.7. The van der Waals surface area contributed by atoms with Gasteiger partial charge in [0.25, 0.3) is 0 Å². The third kappa shape index (κ3) is 7.23. The lowest BCUT2D eigenvalue weighted by molar-refractivity contribution is -0.117. The van der Waals surface area contributed by atoms with Gasteiger partial charge in [-0.05, 0) is 57.0 Å². The number of pyridine rings is 1. The molecule has 1 aromatic carbocycles. The number of hydrogen-bond donors (Lipinski definition) is 2. The predicted molar refractivity (Wildman–Crippen MR) is 165 cm³/mol. The summed E-state index contributed by atoms with van der Waals surface area (Å²) in [7, 11) is 5.06. The number of benzene rings is 1. The zero-order valence-corrected chi connectivity index (χ0v) is 25.3. The van der Waals surface area contributed by atoms with Crippen LogP contribution in [0.3, 0.4) is 0 Å². The number of methoxy groups -OCH3 is 2. The Morgan fingerprint density at radius 3 is 2.55 bits per heavy atom. The minimum Gasteiger partial charge on any atom is -0.497 e. The SMILES string of the molecule is CCCC[C@](C)(CCC(C)=O)Nc1nc(NCc2ccc(OC)cc2OC)nc2cc(C(=O)c3cccn3C)cnc12. The number of carbonyl (C=O) groups excluding carboxylic acids is 2. The second kappa shape index (κ2) is 13.5. The minimum absolute atomic E-state index is 0.142. The number of hydrogen-bond acceptors (Lipinski definition) is 9. The van der Waals surface area contributed by atoms with Crippen LogP contribution in [0.2, 0.25) is 0 Å². The first-order valence-electron chi connectivity index (χ1n) is 14.2. The minimum atomic E-state index is -0.390. The Morgan fingerprint density at radius 1 is 1.07 bits per heavy atom. The maximum Gasteiger partial charge on any atom is 0.225 e. The molecule has 4 rings (SSSR count). The van der Waals surface area contributed by atoms with Crippen molar-refractivity contribution in [3.63, 3.8) is 0 Å². The number of anilines is 2. The molecule has 0 spiro atoms. The zero-order valence-electron chi connectivity index (χ0n) is 25.3. The molecule has 0 fully saturated rings. The van der Waals surface area contributed by atoms with Crippen LogP contribution < -0.4 is 20.1 Å². The van der Waals surface area contributed by atoms with Crippen LogP contribution in [0.25, 0.3) is 11.0 Å². The number of Topliss-reactive ketones (excluding diaryl/α,β-unsaturated/α-hetero) is 1. The van der Waals surface area contributed by atoms with E-state index in [1.54, 1.807) is 44.0 Å². The van der Waals surface area contributed by atoms with E-state index in [1.807, 2.05) is 37.5 Å². The van der Waals surface area contributed by atoms with Crippen LogP contribution in [0.5, 0.6) is 11.5 Å². The lowest BCUT2D eigenvalue weighted by Gasteiger charge is -2.32. The highest BCUT2D eigenvalue weighted by molar-refractivity contribution is 6.09. The summed E-state index contributed by atoms with van der Waals surface area (Å²) in [6.45, 7) is 6.27. The molecule has 0 aliphatic carbocycles. The van der Waals surface area contributed by atoms with Crippen LogP contribution in [0, 0.1) is 0 Å². The molecule has 10 heteroatoms. The van der Waals surface area contributed by atoms with Crippen LogP contribution in [0.4, 0.5) is 11.8 Å². The summed E-state index contributed by atoms with van der Waals surface area (Å²) in [5.74, 6) is 2.29. The number of ether oxygens (including phenoxy) is 2. The summed E-state index contributed by atoms with van der Waals surface area (Å²) in [6, 6.07) is 11.0. The summed E-state index contributed by atoms with van der Waals surface area (Å²) >= 11 is 0. The molecule has 222 valence electrons. The fourth-order valence-corrected chi connectivity index (χ4v) is 4.88. The fraction of sp³-hybridized carbons (Fsp3) is 0.406. The van der Waals surface area contributed by atoms with Crippen molar-refractivity contribution in [1.82, 2.24) is 19.5 Å². The Kier molecular flexibility index (Phi) is 9.77. The van der Waals surface area contributed by atoms with Crippen LogP contribution in [-0.4, -0.2) is 50.8 Å². The van der Waals surface area contributed by atoms with Gasteiger partial charge in [0.15, 0.2) is 5.82 Å². The molecular formula is C32H40N6O4. The van der Waals surface area contributed by atoms with Crippen molar-refractivity contribution < 1.29 is 19.1 Å². The van der Waals surface area contributed by atoms with Crippen LogP contribution >= 0.6 is 0 Å². The molecule has 0 saturated carbocycles. The Morgan fingerprint density at radius 2 is 1.88 bits per heavy atom. The molecule has 4 aromatic rings. The highest BCUT2D eigenvalue weighted by Crippen LogP contribution is 2.30. The molecule has 0 radical (unpaired) electrons. The maximum absolute atomic E-state index is 13.3. The molecule has 0 saturated heterocycles. The number of nitrogens with zero attached hydrogens (tertiary/aromatic N) is 4. The number of unbranched alkanes of at least 4 members (excludes halogenated alkanes) is 1. The summed E-state index contributed by atoms with van der Waals surface area (Å²) in [4.78, 5) is 39.4. The van der Waals surface area contributed by atoms with Gasteiger partial charge in [0.05, 0.1) is 25.4 Å². The molecular weight excluding hydrogens is 532 g/mol. The van der Waals surface area contributed by atoms with Gasteiger partial charge in [0, 0.05) is 55.1 Å². The third-order valence-corrected chi connectivity index (χ3v) is 7.44. The average Bonchev–Trinajstić information content (AvgIpc) is 3.42. The van der Waals surface area contributed by atoms with Gasteiger partial charge < -0.3 is 29.5 Å². The number of carbonyl (C=O) groups is 2. The second-order valence-corrected chi connectivity index (χ2v) is 10.8.